The molecule has 0 bridgehead atoms. The number of anilines is 1. The molecule has 9 heteroatoms. The topological polar surface area (TPSA) is 70.9 Å². The van der Waals surface area contributed by atoms with Crippen molar-refractivity contribution in [3.63, 3.8) is 0 Å². The number of halogens is 2. The van der Waals surface area contributed by atoms with Gasteiger partial charge in [0.15, 0.2) is 6.04 Å². The summed E-state index contributed by atoms with van der Waals surface area (Å²) in [6.07, 6.45) is 0. The van der Waals surface area contributed by atoms with Crippen molar-refractivity contribution in [2.45, 2.75) is 17.9 Å². The molecule has 1 saturated heterocycles. The number of carbonyl (C=O) groups is 1. The lowest BCUT2D eigenvalue weighted by Gasteiger charge is -2.34. The van der Waals surface area contributed by atoms with Crippen LogP contribution in [0, 0.1) is 11.6 Å². The molecule has 3 rings (SSSR count). The van der Waals surface area contributed by atoms with Crippen LogP contribution in [0.1, 0.15) is 6.92 Å². The quantitative estimate of drug-likeness (QED) is 0.769. The van der Waals surface area contributed by atoms with Crippen molar-refractivity contribution in [2.24, 2.45) is 0 Å². The summed E-state index contributed by atoms with van der Waals surface area (Å²) in [5, 5.41) is 2.57. The SMILES string of the molecule is C[C@H](C(=O)Nc1ccccc1F)[NH+]1CCN(S(=O)(=O)c2cccc(F)c2)CC1. The van der Waals surface area contributed by atoms with Crippen LogP contribution in [0.5, 0.6) is 0 Å². The van der Waals surface area contributed by atoms with Gasteiger partial charge in [-0.3, -0.25) is 4.79 Å². The van der Waals surface area contributed by atoms with Crippen molar-refractivity contribution in [1.82, 2.24) is 4.31 Å². The zero-order valence-electron chi connectivity index (χ0n) is 15.4. The summed E-state index contributed by atoms with van der Waals surface area (Å²) in [5.74, 6) is -1.45. The number of carbonyl (C=O) groups excluding carboxylic acids is 1. The smallest absolute Gasteiger partial charge is 0.282 e. The number of para-hydroxylation sites is 1. The van der Waals surface area contributed by atoms with Gasteiger partial charge in [-0.1, -0.05) is 18.2 Å². The van der Waals surface area contributed by atoms with Gasteiger partial charge in [-0.05, 0) is 37.3 Å². The molecular formula is C19H22F2N3O3S+. The Morgan fingerprint density at radius 3 is 2.43 bits per heavy atom. The molecule has 6 nitrogen and oxygen atoms in total. The first-order valence-electron chi connectivity index (χ1n) is 8.95. The van der Waals surface area contributed by atoms with Gasteiger partial charge in [-0.15, -0.1) is 0 Å². The van der Waals surface area contributed by atoms with Crippen molar-refractivity contribution < 1.29 is 26.9 Å². The number of sulfonamides is 1. The fraction of sp³-hybridized carbons (Fsp3) is 0.316. The average Bonchev–Trinajstić information content (AvgIpc) is 2.69. The first-order valence-corrected chi connectivity index (χ1v) is 10.4. The number of hydrogen-bond acceptors (Lipinski definition) is 3. The molecule has 0 saturated carbocycles. The summed E-state index contributed by atoms with van der Waals surface area (Å²) in [4.78, 5) is 13.2. The van der Waals surface area contributed by atoms with E-state index in [1.807, 2.05) is 0 Å². The molecule has 0 unspecified atom stereocenters. The lowest BCUT2D eigenvalue weighted by atomic mass is 10.2. The molecule has 150 valence electrons. The minimum absolute atomic E-state index is 0.0821. The molecule has 1 fully saturated rings. The first kappa shape index (κ1) is 20.4. The fourth-order valence-electron chi connectivity index (χ4n) is 3.21. The van der Waals surface area contributed by atoms with Gasteiger partial charge in [-0.25, -0.2) is 17.2 Å². The third-order valence-corrected chi connectivity index (χ3v) is 6.83. The third kappa shape index (κ3) is 4.37. The van der Waals surface area contributed by atoms with E-state index in [-0.39, 0.29) is 29.6 Å². The number of quaternary nitrogens is 1. The predicted octanol–water partition coefficient (Wildman–Crippen LogP) is 0.881. The summed E-state index contributed by atoms with van der Waals surface area (Å²) in [7, 11) is -3.78. The van der Waals surface area contributed by atoms with Crippen LogP contribution in [0.25, 0.3) is 0 Å². The van der Waals surface area contributed by atoms with Crippen LogP contribution in [-0.4, -0.2) is 50.9 Å². The van der Waals surface area contributed by atoms with E-state index in [1.165, 1.54) is 40.7 Å². The normalized spacial score (nSPS) is 17.2. The Kier molecular flexibility index (Phi) is 6.07. The molecule has 2 aromatic carbocycles. The molecule has 2 aromatic rings. The standard InChI is InChI=1S/C19H21F2N3O3S/c1-14(19(25)22-18-8-3-2-7-17(18)21)23-9-11-24(12-10-23)28(26,27)16-6-4-5-15(20)13-16/h2-8,13-14H,9-12H2,1H3,(H,22,25)/p+1/t14-/m1/s1. The highest BCUT2D eigenvalue weighted by Crippen LogP contribution is 2.17. The summed E-state index contributed by atoms with van der Waals surface area (Å²) in [5.41, 5.74) is 0.117. The molecule has 2 N–H and O–H groups in total. The molecule has 0 spiro atoms. The fourth-order valence-corrected chi connectivity index (χ4v) is 4.69. The zero-order chi connectivity index (χ0) is 20.3. The van der Waals surface area contributed by atoms with E-state index in [9.17, 15) is 22.0 Å². The Bertz CT molecular complexity index is 960. The number of amides is 1. The number of hydrogen-bond donors (Lipinski definition) is 2. The van der Waals surface area contributed by atoms with E-state index >= 15 is 0 Å². The third-order valence-electron chi connectivity index (χ3n) is 4.94. The van der Waals surface area contributed by atoms with Crippen molar-refractivity contribution in [3.8, 4) is 0 Å². The van der Waals surface area contributed by atoms with E-state index in [4.69, 9.17) is 0 Å². The van der Waals surface area contributed by atoms with Gasteiger partial charge in [0.25, 0.3) is 5.91 Å². The average molecular weight is 410 g/mol. The lowest BCUT2D eigenvalue weighted by molar-refractivity contribution is -0.917. The highest BCUT2D eigenvalue weighted by atomic mass is 32.2. The predicted molar refractivity (Wildman–Crippen MR) is 100 cm³/mol. The number of rotatable bonds is 5. The summed E-state index contributed by atoms with van der Waals surface area (Å²) >= 11 is 0. The number of benzene rings is 2. The Hall–Kier alpha value is -2.36. The van der Waals surface area contributed by atoms with Crippen LogP contribution in [0.15, 0.2) is 53.4 Å². The van der Waals surface area contributed by atoms with Crippen molar-refractivity contribution in [2.75, 3.05) is 31.5 Å². The summed E-state index contributed by atoms with van der Waals surface area (Å²) in [6.45, 7) is 2.99. The van der Waals surface area contributed by atoms with E-state index in [2.05, 4.69) is 5.32 Å². The van der Waals surface area contributed by atoms with Crippen LogP contribution in [0.3, 0.4) is 0 Å². The Balaban J connectivity index is 1.61. The second-order valence-electron chi connectivity index (χ2n) is 6.71. The number of nitrogens with zero attached hydrogens (tertiary/aromatic N) is 1. The highest BCUT2D eigenvalue weighted by molar-refractivity contribution is 7.89. The monoisotopic (exact) mass is 410 g/mol. The van der Waals surface area contributed by atoms with Gasteiger partial charge < -0.3 is 10.2 Å². The number of nitrogens with one attached hydrogen (secondary N) is 2. The minimum Gasteiger partial charge on any atom is -0.323 e. The maximum absolute atomic E-state index is 13.7. The summed E-state index contributed by atoms with van der Waals surface area (Å²) in [6, 6.07) is 10.4. The van der Waals surface area contributed by atoms with Crippen LogP contribution in [0.4, 0.5) is 14.5 Å². The molecular weight excluding hydrogens is 388 g/mol. The molecule has 28 heavy (non-hydrogen) atoms. The van der Waals surface area contributed by atoms with Crippen molar-refractivity contribution in [1.29, 1.82) is 0 Å². The van der Waals surface area contributed by atoms with Gasteiger partial charge in [0.05, 0.1) is 36.8 Å². The molecule has 1 amide bonds. The largest absolute Gasteiger partial charge is 0.323 e. The molecule has 0 radical (unpaired) electrons. The zero-order valence-corrected chi connectivity index (χ0v) is 16.2. The van der Waals surface area contributed by atoms with Crippen LogP contribution < -0.4 is 10.2 Å². The molecule has 1 heterocycles. The lowest BCUT2D eigenvalue weighted by Crippen LogP contribution is -3.19. The van der Waals surface area contributed by atoms with E-state index < -0.39 is 27.7 Å². The maximum atomic E-state index is 13.7. The van der Waals surface area contributed by atoms with Crippen molar-refractivity contribution in [3.05, 3.63) is 60.2 Å². The second kappa shape index (κ2) is 8.34. The minimum atomic E-state index is -3.78. The van der Waals surface area contributed by atoms with Crippen LogP contribution in [0.2, 0.25) is 0 Å². The Morgan fingerprint density at radius 2 is 1.79 bits per heavy atom. The highest BCUT2D eigenvalue weighted by Gasteiger charge is 2.34. The van der Waals surface area contributed by atoms with Gasteiger partial charge >= 0.3 is 0 Å². The van der Waals surface area contributed by atoms with Crippen LogP contribution >= 0.6 is 0 Å². The molecule has 1 atom stereocenters. The second-order valence-corrected chi connectivity index (χ2v) is 8.65. The van der Waals surface area contributed by atoms with Gasteiger partial charge in [-0.2, -0.15) is 4.31 Å². The van der Waals surface area contributed by atoms with Crippen LogP contribution in [-0.2, 0) is 14.8 Å². The van der Waals surface area contributed by atoms with E-state index in [0.29, 0.717) is 13.1 Å². The molecule has 0 aliphatic carbocycles. The van der Waals surface area contributed by atoms with Gasteiger partial charge in [0, 0.05) is 0 Å². The van der Waals surface area contributed by atoms with E-state index in [0.717, 1.165) is 11.0 Å². The first-order chi connectivity index (χ1) is 13.3. The van der Waals surface area contributed by atoms with Gasteiger partial charge in [0.1, 0.15) is 11.6 Å². The number of piperazine rings is 1. The molecule has 1 aliphatic heterocycles. The molecule has 1 aliphatic rings. The Morgan fingerprint density at radius 1 is 1.11 bits per heavy atom. The Labute approximate surface area is 162 Å². The van der Waals surface area contributed by atoms with Gasteiger partial charge in [0.2, 0.25) is 10.0 Å². The summed E-state index contributed by atoms with van der Waals surface area (Å²) < 4.78 is 53.7. The molecule has 0 aromatic heterocycles. The van der Waals surface area contributed by atoms with E-state index in [1.54, 1.807) is 13.0 Å². The van der Waals surface area contributed by atoms with Crippen molar-refractivity contribution >= 4 is 21.6 Å². The maximum Gasteiger partial charge on any atom is 0.282 e.